The number of anilines is 1. The molecule has 0 radical (unpaired) electrons. The fourth-order valence-corrected chi connectivity index (χ4v) is 4.30. The highest BCUT2D eigenvalue weighted by molar-refractivity contribution is 7.94. The molecule has 1 aromatic heterocycles. The predicted molar refractivity (Wildman–Crippen MR) is 84.2 cm³/mol. The lowest BCUT2D eigenvalue weighted by Crippen LogP contribution is -2.11. The summed E-state index contributed by atoms with van der Waals surface area (Å²) in [5.41, 5.74) is 0.388. The smallest absolute Gasteiger partial charge is 0.271 e. The first-order valence-corrected chi connectivity index (χ1v) is 8.71. The van der Waals surface area contributed by atoms with Gasteiger partial charge in [0.1, 0.15) is 4.21 Å². The van der Waals surface area contributed by atoms with Gasteiger partial charge >= 0.3 is 0 Å². The van der Waals surface area contributed by atoms with Crippen LogP contribution >= 0.6 is 22.9 Å². The highest BCUT2D eigenvalue weighted by atomic mass is 35.5. The van der Waals surface area contributed by atoms with Gasteiger partial charge in [-0.3, -0.25) is 4.72 Å². The van der Waals surface area contributed by atoms with Gasteiger partial charge in [-0.2, -0.15) is 0 Å². The van der Waals surface area contributed by atoms with E-state index in [1.165, 1.54) is 11.3 Å². The van der Waals surface area contributed by atoms with Crippen LogP contribution in [0.4, 0.5) is 5.69 Å². The van der Waals surface area contributed by atoms with Crippen LogP contribution in [0.25, 0.3) is 0 Å². The molecule has 2 rings (SSSR count). The highest BCUT2D eigenvalue weighted by Crippen LogP contribution is 2.27. The van der Waals surface area contributed by atoms with Crippen molar-refractivity contribution in [3.63, 3.8) is 0 Å². The molecular weight excluding hydrogens is 316 g/mol. The lowest BCUT2D eigenvalue weighted by Gasteiger charge is -2.07. The third-order valence-corrected chi connectivity index (χ3v) is 5.97. The van der Waals surface area contributed by atoms with Crippen molar-refractivity contribution in [1.29, 1.82) is 0 Å². The zero-order valence-corrected chi connectivity index (χ0v) is 13.3. The predicted octanol–water partition coefficient (Wildman–Crippen LogP) is 2.96. The van der Waals surface area contributed by atoms with Crippen molar-refractivity contribution in [2.45, 2.75) is 10.6 Å². The van der Waals surface area contributed by atoms with Crippen LogP contribution in [0.5, 0.6) is 0 Å². The molecule has 0 atom stereocenters. The summed E-state index contributed by atoms with van der Waals surface area (Å²) in [5.74, 6) is 0. The van der Waals surface area contributed by atoms with Crippen LogP contribution in [0.3, 0.4) is 0 Å². The van der Waals surface area contributed by atoms with Gasteiger partial charge in [-0.1, -0.05) is 23.7 Å². The summed E-state index contributed by atoms with van der Waals surface area (Å²) >= 11 is 7.23. The summed E-state index contributed by atoms with van der Waals surface area (Å²) in [7, 11) is -1.71. The normalized spacial score (nSPS) is 11.5. The zero-order chi connectivity index (χ0) is 14.6. The fraction of sp³-hybridized carbons (Fsp3) is 0.231. The number of para-hydroxylation sites is 1. The average Bonchev–Trinajstić information content (AvgIpc) is 2.88. The van der Waals surface area contributed by atoms with Crippen LogP contribution in [-0.4, -0.2) is 22.0 Å². The van der Waals surface area contributed by atoms with Gasteiger partial charge in [0, 0.05) is 4.88 Å². The van der Waals surface area contributed by atoms with Crippen molar-refractivity contribution in [2.75, 3.05) is 18.3 Å². The van der Waals surface area contributed by atoms with Gasteiger partial charge in [-0.05, 0) is 44.3 Å². The summed E-state index contributed by atoms with van der Waals surface area (Å²) < 4.78 is 27.3. The molecule has 0 bridgehead atoms. The second-order valence-electron chi connectivity index (χ2n) is 4.16. The molecule has 0 spiro atoms. The molecule has 2 N–H and O–H groups in total. The van der Waals surface area contributed by atoms with E-state index in [2.05, 4.69) is 10.0 Å². The first-order valence-electron chi connectivity index (χ1n) is 6.03. The van der Waals surface area contributed by atoms with E-state index in [1.807, 2.05) is 13.1 Å². The molecule has 0 fully saturated rings. The topological polar surface area (TPSA) is 58.2 Å². The Morgan fingerprint density at radius 3 is 2.65 bits per heavy atom. The number of hydrogen-bond acceptors (Lipinski definition) is 4. The Balaban J connectivity index is 2.18. The minimum Gasteiger partial charge on any atom is -0.319 e. The molecule has 2 aromatic rings. The molecule has 0 aliphatic heterocycles. The number of sulfonamides is 1. The van der Waals surface area contributed by atoms with Crippen LogP contribution in [0.1, 0.15) is 4.88 Å². The fourth-order valence-electron chi connectivity index (χ4n) is 1.62. The van der Waals surface area contributed by atoms with Crippen LogP contribution in [0.15, 0.2) is 40.6 Å². The first kappa shape index (κ1) is 15.3. The van der Waals surface area contributed by atoms with Crippen molar-refractivity contribution in [3.05, 3.63) is 46.3 Å². The van der Waals surface area contributed by atoms with E-state index in [9.17, 15) is 8.42 Å². The maximum atomic E-state index is 12.3. The number of halogens is 1. The average molecular weight is 331 g/mol. The summed E-state index contributed by atoms with van der Waals surface area (Å²) in [6.45, 7) is 0.817. The van der Waals surface area contributed by atoms with E-state index < -0.39 is 10.0 Å². The molecular formula is C13H15ClN2O2S2. The Bertz CT molecular complexity index is 683. The summed E-state index contributed by atoms with van der Waals surface area (Å²) in [4.78, 5) is 1.03. The largest absolute Gasteiger partial charge is 0.319 e. The van der Waals surface area contributed by atoms with Gasteiger partial charge in [-0.15, -0.1) is 11.3 Å². The van der Waals surface area contributed by atoms with Gasteiger partial charge in [0.25, 0.3) is 10.0 Å². The molecule has 108 valence electrons. The van der Waals surface area contributed by atoms with E-state index in [-0.39, 0.29) is 0 Å². The van der Waals surface area contributed by atoms with Crippen molar-refractivity contribution in [2.24, 2.45) is 0 Å². The Kier molecular flexibility index (Phi) is 5.04. The second-order valence-corrected chi connectivity index (χ2v) is 7.64. The quantitative estimate of drug-likeness (QED) is 0.856. The molecule has 0 aliphatic carbocycles. The molecule has 4 nitrogen and oxygen atoms in total. The number of likely N-dealkylation sites (N-methyl/N-ethyl adjacent to an activating group) is 1. The van der Waals surface area contributed by atoms with E-state index >= 15 is 0 Å². The van der Waals surface area contributed by atoms with Gasteiger partial charge in [0.2, 0.25) is 0 Å². The first-order chi connectivity index (χ1) is 9.53. The van der Waals surface area contributed by atoms with Gasteiger partial charge in [0.05, 0.1) is 10.7 Å². The number of hydrogen-bond donors (Lipinski definition) is 2. The van der Waals surface area contributed by atoms with Gasteiger partial charge in [-0.25, -0.2) is 8.42 Å². The molecule has 0 amide bonds. The van der Waals surface area contributed by atoms with Crippen molar-refractivity contribution < 1.29 is 8.42 Å². The minimum atomic E-state index is -3.58. The van der Waals surface area contributed by atoms with Crippen LogP contribution in [-0.2, 0) is 16.4 Å². The van der Waals surface area contributed by atoms with Crippen molar-refractivity contribution in [1.82, 2.24) is 5.32 Å². The Hall–Kier alpha value is -1.08. The van der Waals surface area contributed by atoms with E-state index in [0.29, 0.717) is 14.9 Å². The lowest BCUT2D eigenvalue weighted by molar-refractivity contribution is 0.603. The Labute approximate surface area is 127 Å². The second kappa shape index (κ2) is 6.58. The van der Waals surface area contributed by atoms with Gasteiger partial charge in [0.15, 0.2) is 0 Å². The number of benzene rings is 1. The molecule has 20 heavy (non-hydrogen) atoms. The standard InChI is InChI=1S/C13H15ClN2O2S2/c1-15-9-8-10-6-7-13(19-10)20(17,18)16-12-5-3-2-4-11(12)14/h2-7,15-16H,8-9H2,1H3. The van der Waals surface area contributed by atoms with Crippen LogP contribution < -0.4 is 10.0 Å². The summed E-state index contributed by atoms with van der Waals surface area (Å²) in [6, 6.07) is 10.2. The van der Waals surface area contributed by atoms with Gasteiger partial charge < -0.3 is 5.32 Å². The number of thiophene rings is 1. The summed E-state index contributed by atoms with van der Waals surface area (Å²) in [5, 5.41) is 3.41. The molecule has 7 heteroatoms. The molecule has 0 saturated heterocycles. The summed E-state index contributed by atoms with van der Waals surface area (Å²) in [6.07, 6.45) is 0.808. The lowest BCUT2D eigenvalue weighted by atomic mass is 10.3. The zero-order valence-electron chi connectivity index (χ0n) is 10.9. The van der Waals surface area contributed by atoms with E-state index in [0.717, 1.165) is 17.8 Å². The monoisotopic (exact) mass is 330 g/mol. The minimum absolute atomic E-state index is 0.295. The third-order valence-electron chi connectivity index (χ3n) is 2.64. The molecule has 1 aromatic carbocycles. The Morgan fingerprint density at radius 2 is 1.95 bits per heavy atom. The molecule has 0 aliphatic rings. The molecule has 0 unspecified atom stereocenters. The van der Waals surface area contributed by atoms with E-state index in [1.54, 1.807) is 30.3 Å². The Morgan fingerprint density at radius 1 is 1.20 bits per heavy atom. The van der Waals surface area contributed by atoms with Crippen molar-refractivity contribution in [3.8, 4) is 0 Å². The molecule has 0 saturated carbocycles. The number of nitrogens with one attached hydrogen (secondary N) is 2. The SMILES string of the molecule is CNCCc1ccc(S(=O)(=O)Nc2ccccc2Cl)s1. The maximum absolute atomic E-state index is 12.3. The van der Waals surface area contributed by atoms with Crippen molar-refractivity contribution >= 4 is 38.6 Å². The van der Waals surface area contributed by atoms with E-state index in [4.69, 9.17) is 11.6 Å². The highest BCUT2D eigenvalue weighted by Gasteiger charge is 2.17. The maximum Gasteiger partial charge on any atom is 0.271 e. The number of rotatable bonds is 6. The molecule has 1 heterocycles. The third kappa shape index (κ3) is 3.73. The van der Waals surface area contributed by atoms with Crippen LogP contribution in [0, 0.1) is 0 Å². The van der Waals surface area contributed by atoms with Crippen LogP contribution in [0.2, 0.25) is 5.02 Å².